The molecule has 3 aliphatic rings. The van der Waals surface area contributed by atoms with Gasteiger partial charge in [-0.05, 0) is 49.1 Å². The molecule has 136 valence electrons. The van der Waals surface area contributed by atoms with Gasteiger partial charge >= 0.3 is 6.03 Å². The van der Waals surface area contributed by atoms with Gasteiger partial charge in [0.2, 0.25) is 0 Å². The van der Waals surface area contributed by atoms with Crippen LogP contribution >= 0.6 is 0 Å². The van der Waals surface area contributed by atoms with Crippen molar-refractivity contribution >= 4 is 11.8 Å². The second-order valence-electron chi connectivity index (χ2n) is 7.55. The maximum atomic E-state index is 12.6. The molecular weight excluding hydrogens is 316 g/mol. The molecule has 0 unspecified atom stereocenters. The van der Waals surface area contributed by atoms with Gasteiger partial charge in [-0.1, -0.05) is 6.07 Å². The van der Waals surface area contributed by atoms with Gasteiger partial charge in [0.1, 0.15) is 5.82 Å². The molecule has 1 N–H and O–H groups in total. The van der Waals surface area contributed by atoms with E-state index in [1.165, 1.54) is 24.8 Å². The molecule has 0 radical (unpaired) electrons. The average Bonchev–Trinajstić information content (AvgIpc) is 3.49. The third-order valence-electron chi connectivity index (χ3n) is 5.50. The Bertz CT molecular complexity index is 582. The maximum absolute atomic E-state index is 12.6. The Morgan fingerprint density at radius 2 is 2.04 bits per heavy atom. The van der Waals surface area contributed by atoms with E-state index >= 15 is 0 Å². The van der Waals surface area contributed by atoms with E-state index in [0.717, 1.165) is 52.4 Å². The van der Waals surface area contributed by atoms with Crippen LogP contribution in [0.4, 0.5) is 10.6 Å². The molecule has 4 rings (SSSR count). The van der Waals surface area contributed by atoms with Crippen molar-refractivity contribution in [1.82, 2.24) is 14.8 Å². The molecule has 1 aliphatic carbocycles. The van der Waals surface area contributed by atoms with Gasteiger partial charge in [-0.25, -0.2) is 9.78 Å². The van der Waals surface area contributed by atoms with Crippen LogP contribution in [-0.2, 0) is 4.74 Å². The highest BCUT2D eigenvalue weighted by molar-refractivity contribution is 5.88. The van der Waals surface area contributed by atoms with E-state index in [1.54, 1.807) is 0 Å². The number of nitrogens with one attached hydrogen (secondary N) is 1. The summed E-state index contributed by atoms with van der Waals surface area (Å²) in [4.78, 5) is 21.4. The summed E-state index contributed by atoms with van der Waals surface area (Å²) in [5.41, 5.74) is 1.29. The fourth-order valence-electron chi connectivity index (χ4n) is 3.87. The minimum atomic E-state index is -0.0154. The lowest BCUT2D eigenvalue weighted by Crippen LogP contribution is -2.47. The Morgan fingerprint density at radius 3 is 2.76 bits per heavy atom. The van der Waals surface area contributed by atoms with Gasteiger partial charge in [0.15, 0.2) is 0 Å². The maximum Gasteiger partial charge on any atom is 0.323 e. The van der Waals surface area contributed by atoms with Gasteiger partial charge in [-0.3, -0.25) is 10.2 Å². The van der Waals surface area contributed by atoms with Crippen molar-refractivity contribution in [2.75, 3.05) is 51.3 Å². The average molecular weight is 344 g/mol. The van der Waals surface area contributed by atoms with Crippen LogP contribution in [0.2, 0.25) is 0 Å². The molecule has 0 aromatic carbocycles. The zero-order valence-electron chi connectivity index (χ0n) is 14.8. The van der Waals surface area contributed by atoms with Gasteiger partial charge in [-0.2, -0.15) is 0 Å². The topological polar surface area (TPSA) is 57.7 Å². The fourth-order valence-corrected chi connectivity index (χ4v) is 3.87. The molecule has 1 atom stereocenters. The van der Waals surface area contributed by atoms with E-state index in [4.69, 9.17) is 4.74 Å². The highest BCUT2D eigenvalue weighted by Gasteiger charge is 2.26. The summed E-state index contributed by atoms with van der Waals surface area (Å²) in [6, 6.07) is 4.01. The van der Waals surface area contributed by atoms with Crippen molar-refractivity contribution in [3.63, 3.8) is 0 Å². The van der Waals surface area contributed by atoms with Gasteiger partial charge in [-0.15, -0.1) is 0 Å². The zero-order valence-corrected chi connectivity index (χ0v) is 14.8. The van der Waals surface area contributed by atoms with Gasteiger partial charge in [0, 0.05) is 38.9 Å². The molecule has 2 amide bonds. The van der Waals surface area contributed by atoms with Gasteiger partial charge in [0.05, 0.1) is 13.2 Å². The number of aromatic nitrogens is 1. The van der Waals surface area contributed by atoms with E-state index < -0.39 is 0 Å². The first kappa shape index (κ1) is 16.8. The van der Waals surface area contributed by atoms with Crippen LogP contribution < -0.4 is 5.32 Å². The number of pyridine rings is 1. The van der Waals surface area contributed by atoms with Crippen LogP contribution in [-0.4, -0.2) is 66.8 Å². The SMILES string of the molecule is O=C(Nc1ccc(C2CC2)cn1)N1CCC[C@@H](CN2CCOCC2)C1. The van der Waals surface area contributed by atoms with E-state index in [-0.39, 0.29) is 6.03 Å². The number of carbonyl (C=O) groups is 1. The lowest BCUT2D eigenvalue weighted by Gasteiger charge is -2.36. The quantitative estimate of drug-likeness (QED) is 0.912. The van der Waals surface area contributed by atoms with E-state index in [1.807, 2.05) is 17.2 Å². The number of urea groups is 1. The second-order valence-corrected chi connectivity index (χ2v) is 7.55. The van der Waals surface area contributed by atoms with Crippen LogP contribution in [0.15, 0.2) is 18.3 Å². The number of hydrogen-bond acceptors (Lipinski definition) is 4. The first-order valence-electron chi connectivity index (χ1n) is 9.60. The number of hydrogen-bond donors (Lipinski definition) is 1. The Kier molecular flexibility index (Phi) is 5.17. The van der Waals surface area contributed by atoms with Crippen LogP contribution in [0.25, 0.3) is 0 Å². The van der Waals surface area contributed by atoms with Gasteiger partial charge in [0.25, 0.3) is 0 Å². The van der Waals surface area contributed by atoms with Crippen molar-refractivity contribution in [1.29, 1.82) is 0 Å². The molecule has 3 fully saturated rings. The third-order valence-corrected chi connectivity index (χ3v) is 5.50. The number of carbonyl (C=O) groups excluding carboxylic acids is 1. The largest absolute Gasteiger partial charge is 0.379 e. The van der Waals surface area contributed by atoms with Gasteiger partial charge < -0.3 is 9.64 Å². The Morgan fingerprint density at radius 1 is 1.20 bits per heavy atom. The molecular formula is C19H28N4O2. The molecule has 0 bridgehead atoms. The van der Waals surface area contributed by atoms with Crippen molar-refractivity contribution in [2.24, 2.45) is 5.92 Å². The van der Waals surface area contributed by atoms with E-state index in [2.05, 4.69) is 21.3 Å². The second kappa shape index (κ2) is 7.70. The normalized spacial score (nSPS) is 25.0. The standard InChI is InChI=1S/C19H28N4O2/c24-19(21-18-6-5-17(12-20-18)16-3-4-16)23-7-1-2-15(14-23)13-22-8-10-25-11-9-22/h5-6,12,15-16H,1-4,7-11,13-14H2,(H,20,21,24)/t15-/m0/s1. The summed E-state index contributed by atoms with van der Waals surface area (Å²) in [7, 11) is 0. The van der Waals surface area contributed by atoms with Crippen molar-refractivity contribution in [2.45, 2.75) is 31.6 Å². The molecule has 1 aromatic rings. The number of ether oxygens (including phenoxy) is 1. The summed E-state index contributed by atoms with van der Waals surface area (Å²) < 4.78 is 5.42. The van der Waals surface area contributed by atoms with Crippen molar-refractivity contribution in [3.8, 4) is 0 Å². The monoisotopic (exact) mass is 344 g/mol. The minimum absolute atomic E-state index is 0.0154. The number of rotatable bonds is 4. The van der Waals surface area contributed by atoms with E-state index in [0.29, 0.717) is 17.7 Å². The van der Waals surface area contributed by atoms with Crippen LogP contribution in [0.1, 0.15) is 37.2 Å². The Labute approximate surface area is 149 Å². The van der Waals surface area contributed by atoms with Crippen LogP contribution in [0.5, 0.6) is 0 Å². The molecule has 0 spiro atoms. The predicted molar refractivity (Wildman–Crippen MR) is 96.8 cm³/mol. The number of amides is 2. The van der Waals surface area contributed by atoms with E-state index in [9.17, 15) is 4.79 Å². The van der Waals surface area contributed by atoms with Crippen LogP contribution in [0.3, 0.4) is 0 Å². The first-order valence-corrected chi connectivity index (χ1v) is 9.60. The third kappa shape index (κ3) is 4.50. The zero-order chi connectivity index (χ0) is 17.1. The smallest absolute Gasteiger partial charge is 0.323 e. The molecule has 1 aromatic heterocycles. The molecule has 2 saturated heterocycles. The lowest BCUT2D eigenvalue weighted by molar-refractivity contribution is 0.0252. The number of piperidine rings is 1. The van der Waals surface area contributed by atoms with Crippen molar-refractivity contribution in [3.05, 3.63) is 23.9 Å². The number of nitrogens with zero attached hydrogens (tertiary/aromatic N) is 3. The number of anilines is 1. The van der Waals surface area contributed by atoms with Crippen LogP contribution in [0, 0.1) is 5.92 Å². The Hall–Kier alpha value is -1.66. The fraction of sp³-hybridized carbons (Fsp3) is 0.684. The molecule has 3 heterocycles. The summed E-state index contributed by atoms with van der Waals surface area (Å²) in [5.74, 6) is 1.91. The van der Waals surface area contributed by atoms with Crippen molar-refractivity contribution < 1.29 is 9.53 Å². The Balaban J connectivity index is 1.28. The highest BCUT2D eigenvalue weighted by Crippen LogP contribution is 2.39. The lowest BCUT2D eigenvalue weighted by atomic mass is 9.97. The molecule has 1 saturated carbocycles. The highest BCUT2D eigenvalue weighted by atomic mass is 16.5. The summed E-state index contributed by atoms with van der Waals surface area (Å²) in [5, 5.41) is 2.96. The number of morpholine rings is 1. The molecule has 25 heavy (non-hydrogen) atoms. The molecule has 6 nitrogen and oxygen atoms in total. The predicted octanol–water partition coefficient (Wildman–Crippen LogP) is 2.54. The molecule has 6 heteroatoms. The summed E-state index contributed by atoms with van der Waals surface area (Å²) in [6.45, 7) is 6.44. The first-order chi connectivity index (χ1) is 12.3. The molecule has 2 aliphatic heterocycles. The number of likely N-dealkylation sites (tertiary alicyclic amines) is 1. The summed E-state index contributed by atoms with van der Waals surface area (Å²) in [6.07, 6.45) is 6.73. The minimum Gasteiger partial charge on any atom is -0.379 e. The summed E-state index contributed by atoms with van der Waals surface area (Å²) >= 11 is 0.